The van der Waals surface area contributed by atoms with E-state index >= 15 is 0 Å². The first-order valence-electron chi connectivity index (χ1n) is 22.9. The molecule has 0 atom stereocenters. The maximum atomic E-state index is 10.7. The first-order chi connectivity index (χ1) is 33.6. The first kappa shape index (κ1) is 37.1. The summed E-state index contributed by atoms with van der Waals surface area (Å²) in [5.74, 6) is 0. The predicted octanol–water partition coefficient (Wildman–Crippen LogP) is 17.2. The fraction of sp³-hybridized carbons (Fsp3) is 0. The number of nitriles is 1. The van der Waals surface area contributed by atoms with Gasteiger partial charge in [-0.25, -0.2) is 0 Å². The monoisotopic (exact) mass is 986 g/mol. The average molecular weight is 985 g/mol. The van der Waals surface area contributed by atoms with Gasteiger partial charge in [0.2, 0.25) is 0 Å². The quantitative estimate of drug-likeness (QED) is 0.0964. The molecule has 12 aromatic carbocycles. The Balaban J connectivity index is 1.13. The van der Waals surface area contributed by atoms with Gasteiger partial charge in [-0.05, 0) is 0 Å². The Hall–Kier alpha value is -8.04. The van der Waals surface area contributed by atoms with Gasteiger partial charge in [-0.1, -0.05) is 0 Å². The molecule has 68 heavy (non-hydrogen) atoms. The van der Waals surface area contributed by atoms with E-state index in [1.807, 2.05) is 0 Å². The van der Waals surface area contributed by atoms with Crippen LogP contribution in [0.5, 0.6) is 0 Å². The summed E-state index contributed by atoms with van der Waals surface area (Å²) in [5.41, 5.74) is 16.0. The van der Waals surface area contributed by atoms with Crippen LogP contribution in [-0.4, -0.2) is 29.0 Å². The molecular weight excluding hydrogens is 955 g/mol. The third kappa shape index (κ3) is 4.75. The van der Waals surface area contributed by atoms with Gasteiger partial charge in [0, 0.05) is 0 Å². The van der Waals surface area contributed by atoms with E-state index < -0.39 is 0 Å². The summed E-state index contributed by atoms with van der Waals surface area (Å²) in [4.78, 5) is 4.12. The molecule has 2 aliphatic rings. The summed E-state index contributed by atoms with van der Waals surface area (Å²) in [6.45, 7) is 8.39. The minimum absolute atomic E-state index is 0.0784. The van der Waals surface area contributed by atoms with Crippen molar-refractivity contribution < 1.29 is 0 Å². The molecule has 2 aliphatic carbocycles. The van der Waals surface area contributed by atoms with E-state index in [4.69, 9.17) is 6.57 Å². The number of hydrogen-bond donors (Lipinski definition) is 0. The fourth-order valence-electron chi connectivity index (χ4n) is 12.4. The molecule has 14 aromatic rings. The van der Waals surface area contributed by atoms with Crippen molar-refractivity contribution in [3.63, 3.8) is 0 Å². The van der Waals surface area contributed by atoms with E-state index in [0.29, 0.717) is 11.3 Å². The number of rotatable bonds is 2. The van der Waals surface area contributed by atoms with Crippen molar-refractivity contribution in [2.24, 2.45) is 0 Å². The van der Waals surface area contributed by atoms with Crippen LogP contribution in [0.15, 0.2) is 182 Å². The molecule has 2 heterocycles. The van der Waals surface area contributed by atoms with E-state index in [9.17, 15) is 5.26 Å². The SMILES string of the molecule is [C-]#[N+]c1cc(-c2cc3c4cc5c(c(-c6cc(C#N)cc7[se]c8ccccc8c67)c4ccc3c3cc4c(cc23)-c2cccc3cccc-4c23)-c2cccc3cccc-5c23)c2c(c1)[se]c1ccccc12. The van der Waals surface area contributed by atoms with Crippen molar-refractivity contribution >= 4 is 127 Å². The van der Waals surface area contributed by atoms with Gasteiger partial charge in [0.05, 0.1) is 0 Å². The second-order valence-electron chi connectivity index (χ2n) is 18.4. The van der Waals surface area contributed by atoms with Crippen LogP contribution < -0.4 is 0 Å². The van der Waals surface area contributed by atoms with Crippen molar-refractivity contribution in [2.45, 2.75) is 0 Å². The molecule has 0 radical (unpaired) electrons. The molecule has 0 bridgehead atoms. The molecule has 308 valence electrons. The average Bonchev–Trinajstić information content (AvgIpc) is 4.14. The minimum atomic E-state index is 0.0784. The third-order valence-electron chi connectivity index (χ3n) is 15.1. The van der Waals surface area contributed by atoms with Gasteiger partial charge in [0.15, 0.2) is 0 Å². The van der Waals surface area contributed by atoms with E-state index in [1.165, 1.54) is 143 Å². The standard InChI is InChI=1S/C64H30N2Se2/c1-66-36-26-52(61-42-14-2-4-20-55(42)68-58(61)27-36)51-29-45-37(46-28-47-38-16-6-10-34-11-7-17-39(59(34)38)48(47)30-50(46)51)22-23-41-49(45)31-53-40-18-8-12-35-13-9-19-44(60(35)40)64(53)63(41)54-24-33(32-65)25-57-62(54)43-15-3-5-21-56(43)67-57/h2-31H. The van der Waals surface area contributed by atoms with Crippen LogP contribution in [0.2, 0.25) is 0 Å². The Morgan fingerprint density at radius 1 is 0.338 bits per heavy atom. The molecule has 0 amide bonds. The summed E-state index contributed by atoms with van der Waals surface area (Å²) in [6.07, 6.45) is 0. The van der Waals surface area contributed by atoms with E-state index in [0.717, 1.165) is 16.7 Å². The maximum absolute atomic E-state index is 10.7. The number of fused-ring (bicyclic) bond motifs is 17. The molecular formula is C64H30N2Se2. The second-order valence-corrected chi connectivity index (χ2v) is 22.9. The van der Waals surface area contributed by atoms with Crippen molar-refractivity contribution in [1.29, 1.82) is 5.26 Å². The van der Waals surface area contributed by atoms with Crippen molar-refractivity contribution in [3.8, 4) is 72.8 Å². The molecule has 0 saturated heterocycles. The molecule has 0 fully saturated rings. The summed E-state index contributed by atoms with van der Waals surface area (Å²) >= 11 is 0.165. The number of nitrogens with zero attached hydrogens (tertiary/aromatic N) is 2. The van der Waals surface area contributed by atoms with Gasteiger partial charge < -0.3 is 0 Å². The van der Waals surface area contributed by atoms with E-state index in [1.54, 1.807) is 0 Å². The Kier molecular flexibility index (Phi) is 7.26. The van der Waals surface area contributed by atoms with Crippen LogP contribution in [0.1, 0.15) is 5.56 Å². The molecule has 2 nitrogen and oxygen atoms in total. The Morgan fingerprint density at radius 2 is 0.868 bits per heavy atom. The summed E-state index contributed by atoms with van der Waals surface area (Å²) in [6, 6.07) is 70.4. The van der Waals surface area contributed by atoms with Gasteiger partial charge in [-0.15, -0.1) is 0 Å². The molecule has 0 N–H and O–H groups in total. The zero-order valence-electron chi connectivity index (χ0n) is 36.0. The molecule has 0 unspecified atom stereocenters. The molecule has 16 rings (SSSR count). The van der Waals surface area contributed by atoms with Crippen LogP contribution in [0.4, 0.5) is 5.69 Å². The van der Waals surface area contributed by atoms with Gasteiger partial charge >= 0.3 is 404 Å². The predicted molar refractivity (Wildman–Crippen MR) is 289 cm³/mol. The van der Waals surface area contributed by atoms with Gasteiger partial charge in [-0.2, -0.15) is 0 Å². The molecule has 2 aromatic heterocycles. The first-order valence-corrected chi connectivity index (χ1v) is 26.3. The zero-order chi connectivity index (χ0) is 44.5. The summed E-state index contributed by atoms with van der Waals surface area (Å²) in [7, 11) is 0. The van der Waals surface area contributed by atoms with Crippen molar-refractivity contribution in [2.75, 3.05) is 0 Å². The molecule has 0 saturated carbocycles. The van der Waals surface area contributed by atoms with Crippen LogP contribution in [-0.2, 0) is 0 Å². The van der Waals surface area contributed by atoms with Crippen LogP contribution in [0.3, 0.4) is 0 Å². The fourth-order valence-corrected chi connectivity index (χ4v) is 17.3. The normalized spacial score (nSPS) is 12.4. The van der Waals surface area contributed by atoms with Gasteiger partial charge in [0.1, 0.15) is 0 Å². The molecule has 4 heteroatoms. The van der Waals surface area contributed by atoms with Crippen LogP contribution >= 0.6 is 0 Å². The Morgan fingerprint density at radius 3 is 1.54 bits per heavy atom. The van der Waals surface area contributed by atoms with Crippen molar-refractivity contribution in [3.05, 3.63) is 199 Å². The van der Waals surface area contributed by atoms with E-state index in [-0.39, 0.29) is 29.0 Å². The van der Waals surface area contributed by atoms with Gasteiger partial charge in [-0.3, -0.25) is 0 Å². The second kappa shape index (κ2) is 13.3. The number of benzene rings is 12. The Bertz CT molecular complexity index is 4810. The molecule has 0 spiro atoms. The zero-order valence-corrected chi connectivity index (χ0v) is 39.5. The molecule has 0 aliphatic heterocycles. The summed E-state index contributed by atoms with van der Waals surface area (Å²) < 4.78 is 5.26. The van der Waals surface area contributed by atoms with Gasteiger partial charge in [0.25, 0.3) is 0 Å². The topological polar surface area (TPSA) is 28.1 Å². The van der Waals surface area contributed by atoms with Crippen molar-refractivity contribution in [1.82, 2.24) is 0 Å². The summed E-state index contributed by atoms with van der Waals surface area (Å²) in [5, 5.41) is 28.0. The Labute approximate surface area is 401 Å². The third-order valence-corrected chi connectivity index (χ3v) is 19.8. The van der Waals surface area contributed by atoms with Crippen LogP contribution in [0.25, 0.3) is 164 Å². The van der Waals surface area contributed by atoms with Crippen LogP contribution in [0, 0.1) is 17.9 Å². The van der Waals surface area contributed by atoms with E-state index in [2.05, 4.69) is 193 Å². The number of hydrogen-bond acceptors (Lipinski definition) is 1.